The molecular formula is C30H34ClF3N4O4S. The third kappa shape index (κ3) is 6.41. The van der Waals surface area contributed by atoms with Crippen LogP contribution in [0.2, 0.25) is 5.02 Å². The van der Waals surface area contributed by atoms with Crippen LogP contribution in [0.15, 0.2) is 59.5 Å². The first-order valence-electron chi connectivity index (χ1n) is 14.3. The van der Waals surface area contributed by atoms with Crippen LogP contribution < -0.4 is 14.9 Å². The van der Waals surface area contributed by atoms with Gasteiger partial charge in [-0.05, 0) is 88.0 Å². The molecule has 4 bridgehead atoms. The van der Waals surface area contributed by atoms with Crippen molar-refractivity contribution in [2.45, 2.75) is 49.7 Å². The van der Waals surface area contributed by atoms with Gasteiger partial charge in [-0.2, -0.15) is 13.2 Å². The van der Waals surface area contributed by atoms with Crippen LogP contribution in [-0.2, 0) is 21.0 Å². The number of rotatable bonds is 1. The molecule has 3 heterocycles. The van der Waals surface area contributed by atoms with Gasteiger partial charge in [0, 0.05) is 19.1 Å². The monoisotopic (exact) mass is 638 g/mol. The molecule has 2 atom stereocenters. The predicted octanol–water partition coefficient (Wildman–Crippen LogP) is 4.85. The molecule has 0 saturated carbocycles. The highest BCUT2D eigenvalue weighted by Crippen LogP contribution is 2.36. The lowest BCUT2D eigenvalue weighted by Gasteiger charge is -2.36. The molecule has 0 radical (unpaired) electrons. The molecule has 3 aliphatic rings. The molecule has 0 aromatic heterocycles. The Balaban J connectivity index is 1.61. The number of hydrogen-bond donors (Lipinski definition) is 2. The minimum Gasteiger partial charge on any atom is -0.355 e. The number of carbonyl (C=O) groups excluding carboxylic acids is 2. The number of piperidine rings is 1. The molecule has 2 aromatic carbocycles. The number of alkyl halides is 3. The molecule has 43 heavy (non-hydrogen) atoms. The van der Waals surface area contributed by atoms with Crippen molar-refractivity contribution < 1.29 is 31.2 Å². The third-order valence-electron chi connectivity index (χ3n) is 8.68. The Labute approximate surface area is 254 Å². The van der Waals surface area contributed by atoms with Gasteiger partial charge < -0.3 is 15.5 Å². The van der Waals surface area contributed by atoms with Gasteiger partial charge in [0.05, 0.1) is 38.7 Å². The van der Waals surface area contributed by atoms with Gasteiger partial charge in [0.2, 0.25) is 5.91 Å². The second-order valence-corrected chi connectivity index (χ2v) is 13.8. The van der Waals surface area contributed by atoms with E-state index in [-0.39, 0.29) is 45.6 Å². The number of nitrogens with one attached hydrogen (secondary N) is 2. The summed E-state index contributed by atoms with van der Waals surface area (Å²) in [7, 11) is -4.47. The average Bonchev–Trinajstić information content (AvgIpc) is 3.35. The minimum atomic E-state index is -4.69. The van der Waals surface area contributed by atoms with Crippen molar-refractivity contribution in [3.05, 3.63) is 70.8 Å². The molecule has 0 aliphatic carbocycles. The Bertz CT molecular complexity index is 1530. The Morgan fingerprint density at radius 1 is 1.05 bits per heavy atom. The van der Waals surface area contributed by atoms with E-state index in [4.69, 9.17) is 11.6 Å². The Kier molecular flexibility index (Phi) is 8.84. The predicted molar refractivity (Wildman–Crippen MR) is 157 cm³/mol. The van der Waals surface area contributed by atoms with E-state index in [0.717, 1.165) is 22.5 Å². The number of halogens is 4. The molecule has 232 valence electrons. The molecule has 8 nitrogen and oxygen atoms in total. The van der Waals surface area contributed by atoms with Crippen LogP contribution in [-0.4, -0.2) is 63.9 Å². The fourth-order valence-electron chi connectivity index (χ4n) is 6.20. The lowest BCUT2D eigenvalue weighted by atomic mass is 9.75. The highest BCUT2D eigenvalue weighted by atomic mass is 35.5. The van der Waals surface area contributed by atoms with Gasteiger partial charge >= 0.3 is 6.18 Å². The van der Waals surface area contributed by atoms with Gasteiger partial charge in [0.15, 0.2) is 0 Å². The van der Waals surface area contributed by atoms with E-state index in [1.165, 1.54) is 24.3 Å². The van der Waals surface area contributed by atoms with Gasteiger partial charge in [-0.1, -0.05) is 29.8 Å². The van der Waals surface area contributed by atoms with Gasteiger partial charge in [-0.3, -0.25) is 13.9 Å². The maximum absolute atomic E-state index is 14.1. The van der Waals surface area contributed by atoms with Crippen molar-refractivity contribution in [1.82, 2.24) is 15.5 Å². The molecule has 2 fully saturated rings. The number of benzene rings is 2. The Morgan fingerprint density at radius 3 is 2.51 bits per heavy atom. The standard InChI is InChI=1S/C30H34ClF3N4O4S/c1-20-15-21-18-36-28(40)29(10-12-35-13-11-29)9-2-3-14-38(23-6-4-5-22(16-23)30(32,33)34)43(41,42)24-7-8-26(31)25(17-24)27(39)37(20)19-21/h2-8,16-17,20-21,35H,9-15,18-19H2,1H3,(H,36,40)/b3-2+. The zero-order valence-corrected chi connectivity index (χ0v) is 25.2. The average molecular weight is 639 g/mol. The number of amides is 2. The lowest BCUT2D eigenvalue weighted by molar-refractivity contribution is -0.137. The fourth-order valence-corrected chi connectivity index (χ4v) is 7.83. The topological polar surface area (TPSA) is 98.8 Å². The summed E-state index contributed by atoms with van der Waals surface area (Å²) < 4.78 is 69.8. The van der Waals surface area contributed by atoms with E-state index in [9.17, 15) is 31.2 Å². The summed E-state index contributed by atoms with van der Waals surface area (Å²) in [6.45, 7) is 3.64. The summed E-state index contributed by atoms with van der Waals surface area (Å²) in [6, 6.07) is 7.66. The lowest BCUT2D eigenvalue weighted by Crippen LogP contribution is -2.48. The number of nitrogens with zero attached hydrogens (tertiary/aromatic N) is 2. The molecule has 2 saturated heterocycles. The normalized spacial score (nSPS) is 25.3. The molecule has 1 spiro atoms. The number of anilines is 1. The van der Waals surface area contributed by atoms with Crippen molar-refractivity contribution in [1.29, 1.82) is 0 Å². The zero-order valence-electron chi connectivity index (χ0n) is 23.7. The minimum absolute atomic E-state index is 0.00924. The van der Waals surface area contributed by atoms with Crippen LogP contribution in [0.3, 0.4) is 0 Å². The van der Waals surface area contributed by atoms with Crippen LogP contribution in [0.25, 0.3) is 0 Å². The van der Waals surface area contributed by atoms with Crippen molar-refractivity contribution in [3.63, 3.8) is 0 Å². The quantitative estimate of drug-likeness (QED) is 0.435. The second kappa shape index (κ2) is 12.1. The largest absolute Gasteiger partial charge is 0.416 e. The number of carbonyl (C=O) groups is 2. The molecule has 2 aromatic rings. The van der Waals surface area contributed by atoms with Crippen molar-refractivity contribution in [2.24, 2.45) is 11.3 Å². The molecule has 2 amide bonds. The zero-order chi connectivity index (χ0) is 31.0. The Morgan fingerprint density at radius 2 is 1.79 bits per heavy atom. The highest BCUT2D eigenvalue weighted by Gasteiger charge is 2.40. The van der Waals surface area contributed by atoms with Gasteiger partial charge in [0.25, 0.3) is 15.9 Å². The van der Waals surface area contributed by atoms with Crippen LogP contribution in [0.4, 0.5) is 18.9 Å². The highest BCUT2D eigenvalue weighted by molar-refractivity contribution is 7.92. The number of sulfonamides is 1. The molecule has 5 rings (SSSR count). The first-order valence-corrected chi connectivity index (χ1v) is 16.1. The summed E-state index contributed by atoms with van der Waals surface area (Å²) >= 11 is 6.39. The van der Waals surface area contributed by atoms with Crippen LogP contribution in [0, 0.1) is 11.3 Å². The third-order valence-corrected chi connectivity index (χ3v) is 10.8. The van der Waals surface area contributed by atoms with E-state index in [2.05, 4.69) is 10.6 Å². The van der Waals surface area contributed by atoms with Crippen molar-refractivity contribution >= 4 is 39.1 Å². The molecule has 3 aliphatic heterocycles. The SMILES string of the molecule is CC1CC2CNC(=O)C3(C/C=C/CN(c4cccc(C(F)(F)F)c4)S(=O)(=O)c4ccc(Cl)c(c4)C(=O)N1C2)CCNCC3. The number of allylic oxidation sites excluding steroid dienone is 1. The summed E-state index contributed by atoms with van der Waals surface area (Å²) in [5.41, 5.74) is -1.92. The summed E-state index contributed by atoms with van der Waals surface area (Å²) in [5, 5.41) is 6.43. The number of fused-ring (bicyclic) bond motifs is 4. The first kappa shape index (κ1) is 31.3. The van der Waals surface area contributed by atoms with E-state index in [1.54, 1.807) is 17.1 Å². The molecule has 2 N–H and O–H groups in total. The maximum Gasteiger partial charge on any atom is 0.416 e. The van der Waals surface area contributed by atoms with Crippen molar-refractivity contribution in [2.75, 3.05) is 37.0 Å². The van der Waals surface area contributed by atoms with Crippen LogP contribution >= 0.6 is 11.6 Å². The van der Waals surface area contributed by atoms with Crippen LogP contribution in [0.1, 0.15) is 48.5 Å². The molecular weight excluding hydrogens is 605 g/mol. The van der Waals surface area contributed by atoms with E-state index >= 15 is 0 Å². The smallest absolute Gasteiger partial charge is 0.355 e. The maximum atomic E-state index is 14.1. The Hall–Kier alpha value is -3.09. The molecule has 2 unspecified atom stereocenters. The van der Waals surface area contributed by atoms with E-state index < -0.39 is 33.1 Å². The second-order valence-electron chi connectivity index (χ2n) is 11.6. The van der Waals surface area contributed by atoms with E-state index in [0.29, 0.717) is 51.9 Å². The molecule has 13 heteroatoms. The fraction of sp³-hybridized carbons (Fsp3) is 0.467. The van der Waals surface area contributed by atoms with Crippen LogP contribution in [0.5, 0.6) is 0 Å². The number of hydrogen-bond acceptors (Lipinski definition) is 5. The first-order chi connectivity index (χ1) is 20.3. The van der Waals surface area contributed by atoms with E-state index in [1.807, 2.05) is 6.92 Å². The van der Waals surface area contributed by atoms with Gasteiger partial charge in [-0.25, -0.2) is 8.42 Å². The summed E-state index contributed by atoms with van der Waals surface area (Å²) in [5.74, 6) is -0.541. The summed E-state index contributed by atoms with van der Waals surface area (Å²) in [6.07, 6.45) is 0.753. The summed E-state index contributed by atoms with van der Waals surface area (Å²) in [4.78, 5) is 28.6. The van der Waals surface area contributed by atoms with Gasteiger partial charge in [0.1, 0.15) is 0 Å². The van der Waals surface area contributed by atoms with Gasteiger partial charge in [-0.15, -0.1) is 0 Å². The van der Waals surface area contributed by atoms with Crippen molar-refractivity contribution in [3.8, 4) is 0 Å².